The molecular weight excluding hydrogens is 258 g/mol. The molecule has 104 valence electrons. The van der Waals surface area contributed by atoms with Crippen molar-refractivity contribution in [1.82, 2.24) is 10.3 Å². The third kappa shape index (κ3) is 6.37. The van der Waals surface area contributed by atoms with E-state index in [9.17, 15) is 8.78 Å². The number of nitrogens with zero attached hydrogens (tertiary/aromatic N) is 1. The first-order valence-electron chi connectivity index (χ1n) is 6.12. The van der Waals surface area contributed by atoms with Gasteiger partial charge >= 0.3 is 0 Å². The van der Waals surface area contributed by atoms with Crippen molar-refractivity contribution in [2.45, 2.75) is 39.2 Å². The average Bonchev–Trinajstić information content (AvgIpc) is 2.70. The summed E-state index contributed by atoms with van der Waals surface area (Å²) >= 11 is 1.64. The maximum atomic E-state index is 11.9. The van der Waals surface area contributed by atoms with Crippen LogP contribution >= 0.6 is 11.3 Å². The lowest BCUT2D eigenvalue weighted by Gasteiger charge is -2.16. The van der Waals surface area contributed by atoms with Crippen LogP contribution in [-0.2, 0) is 11.2 Å². The van der Waals surface area contributed by atoms with Crippen molar-refractivity contribution in [3.63, 3.8) is 0 Å². The zero-order valence-corrected chi connectivity index (χ0v) is 11.6. The predicted molar refractivity (Wildman–Crippen MR) is 69.5 cm³/mol. The van der Waals surface area contributed by atoms with E-state index in [0.29, 0.717) is 6.61 Å². The Morgan fingerprint density at radius 3 is 2.83 bits per heavy atom. The Labute approximate surface area is 111 Å². The molecule has 1 aromatic heterocycles. The molecule has 0 amide bonds. The number of thiazole rings is 1. The molecule has 1 rings (SSSR count). The maximum Gasteiger partial charge on any atom is 0.261 e. The van der Waals surface area contributed by atoms with E-state index in [0.717, 1.165) is 30.1 Å². The van der Waals surface area contributed by atoms with Crippen molar-refractivity contribution >= 4 is 11.3 Å². The Morgan fingerprint density at radius 1 is 1.50 bits per heavy atom. The maximum absolute atomic E-state index is 11.9. The fourth-order valence-corrected chi connectivity index (χ4v) is 2.52. The lowest BCUT2D eigenvalue weighted by atomic mass is 10.1. The van der Waals surface area contributed by atoms with Crippen molar-refractivity contribution in [3.05, 3.63) is 16.1 Å². The van der Waals surface area contributed by atoms with E-state index in [-0.39, 0.29) is 6.04 Å². The van der Waals surface area contributed by atoms with Crippen LogP contribution < -0.4 is 5.32 Å². The molecule has 1 atom stereocenters. The van der Waals surface area contributed by atoms with Crippen molar-refractivity contribution in [3.8, 4) is 0 Å². The number of alkyl halides is 2. The average molecular weight is 278 g/mol. The molecule has 0 spiro atoms. The number of ether oxygens (including phenoxy) is 1. The van der Waals surface area contributed by atoms with Gasteiger partial charge in [0.15, 0.2) is 0 Å². The van der Waals surface area contributed by atoms with Crippen molar-refractivity contribution < 1.29 is 13.5 Å². The molecular formula is C12H20F2N2OS. The number of hydrogen-bond donors (Lipinski definition) is 1. The predicted octanol–water partition coefficient (Wildman–Crippen LogP) is 2.64. The molecule has 0 saturated heterocycles. The Bertz CT molecular complexity index is 334. The third-order valence-electron chi connectivity index (χ3n) is 2.43. The van der Waals surface area contributed by atoms with Crippen molar-refractivity contribution in [2.24, 2.45) is 0 Å². The highest BCUT2D eigenvalue weighted by atomic mass is 32.1. The summed E-state index contributed by atoms with van der Waals surface area (Å²) in [5.74, 6) is 0. The number of aromatic nitrogens is 1. The van der Waals surface area contributed by atoms with Gasteiger partial charge in [0.2, 0.25) is 0 Å². The summed E-state index contributed by atoms with van der Waals surface area (Å²) in [6.07, 6.45) is -0.840. The number of aryl methyl sites for hydroxylation is 1. The summed E-state index contributed by atoms with van der Waals surface area (Å²) in [7, 11) is 0. The van der Waals surface area contributed by atoms with Crippen LogP contribution in [0, 0.1) is 6.92 Å². The van der Waals surface area contributed by atoms with Gasteiger partial charge in [0.25, 0.3) is 6.43 Å². The van der Waals surface area contributed by atoms with E-state index in [1.54, 1.807) is 11.3 Å². The summed E-state index contributed by atoms with van der Waals surface area (Å²) in [5, 5.41) is 6.42. The molecule has 6 heteroatoms. The van der Waals surface area contributed by atoms with Gasteiger partial charge in [0, 0.05) is 30.1 Å². The van der Waals surface area contributed by atoms with Crippen LogP contribution in [0.3, 0.4) is 0 Å². The quantitative estimate of drug-likeness (QED) is 0.705. The summed E-state index contributed by atoms with van der Waals surface area (Å²) in [5.41, 5.74) is 1.03. The number of nitrogens with one attached hydrogen (secondary N) is 1. The van der Waals surface area contributed by atoms with E-state index in [1.165, 1.54) is 0 Å². The first kappa shape index (κ1) is 15.5. The summed E-state index contributed by atoms with van der Waals surface area (Å²) in [6.45, 7) is 4.72. The molecule has 18 heavy (non-hydrogen) atoms. The van der Waals surface area contributed by atoms with Gasteiger partial charge in [-0.2, -0.15) is 0 Å². The Hall–Kier alpha value is -0.590. The third-order valence-corrected chi connectivity index (χ3v) is 3.42. The van der Waals surface area contributed by atoms with Crippen molar-refractivity contribution in [2.75, 3.05) is 19.8 Å². The molecule has 0 aromatic carbocycles. The Balaban J connectivity index is 2.30. The van der Waals surface area contributed by atoms with Gasteiger partial charge in [-0.25, -0.2) is 13.8 Å². The highest BCUT2D eigenvalue weighted by molar-refractivity contribution is 7.09. The zero-order chi connectivity index (χ0) is 13.4. The summed E-state index contributed by atoms with van der Waals surface area (Å²) < 4.78 is 28.7. The van der Waals surface area contributed by atoms with Crippen molar-refractivity contribution in [1.29, 1.82) is 0 Å². The smallest absolute Gasteiger partial charge is 0.261 e. The first-order valence-corrected chi connectivity index (χ1v) is 7.00. The van der Waals surface area contributed by atoms with E-state index in [1.807, 2.05) is 19.2 Å². The molecule has 0 aliphatic heterocycles. The lowest BCUT2D eigenvalue weighted by molar-refractivity contribution is 0.0144. The van der Waals surface area contributed by atoms with Crippen LogP contribution in [0.5, 0.6) is 0 Å². The molecule has 1 heterocycles. The molecule has 0 aliphatic carbocycles. The minimum absolute atomic E-state index is 0.234. The largest absolute Gasteiger partial charge is 0.375 e. The molecule has 0 bridgehead atoms. The normalized spacial score (nSPS) is 13.2. The topological polar surface area (TPSA) is 34.1 Å². The van der Waals surface area contributed by atoms with Crippen LogP contribution in [0.2, 0.25) is 0 Å². The number of hydrogen-bond acceptors (Lipinski definition) is 4. The highest BCUT2D eigenvalue weighted by Crippen LogP contribution is 2.12. The van der Waals surface area contributed by atoms with Gasteiger partial charge in [-0.3, -0.25) is 0 Å². The van der Waals surface area contributed by atoms with Crippen LogP contribution in [0.1, 0.15) is 24.0 Å². The second-order valence-corrected chi connectivity index (χ2v) is 5.04. The number of rotatable bonds is 9. The van der Waals surface area contributed by atoms with Gasteiger partial charge in [0.05, 0.1) is 5.01 Å². The highest BCUT2D eigenvalue weighted by Gasteiger charge is 2.11. The summed E-state index contributed by atoms with van der Waals surface area (Å²) in [4.78, 5) is 4.41. The first-order chi connectivity index (χ1) is 8.61. The van der Waals surface area contributed by atoms with E-state index < -0.39 is 13.0 Å². The standard InChI is InChI=1S/C12H20F2N2OS/c1-3-15-10(4-5-17-7-11(13)14)6-12-16-9(2)8-18-12/h8,10-11,15H,3-7H2,1-2H3. The van der Waals surface area contributed by atoms with Crippen LogP contribution in [0.4, 0.5) is 8.78 Å². The second kappa shape index (κ2) is 8.50. The van der Waals surface area contributed by atoms with Gasteiger partial charge < -0.3 is 10.1 Å². The molecule has 1 aromatic rings. The molecule has 0 saturated carbocycles. The molecule has 1 N–H and O–H groups in total. The van der Waals surface area contributed by atoms with E-state index >= 15 is 0 Å². The van der Waals surface area contributed by atoms with E-state index in [4.69, 9.17) is 4.74 Å². The monoisotopic (exact) mass is 278 g/mol. The number of halogens is 2. The molecule has 3 nitrogen and oxygen atoms in total. The van der Waals surface area contributed by atoms with Gasteiger partial charge in [-0.1, -0.05) is 6.92 Å². The number of likely N-dealkylation sites (N-methyl/N-ethyl adjacent to an activating group) is 1. The molecule has 0 radical (unpaired) electrons. The minimum atomic E-state index is -2.39. The Morgan fingerprint density at radius 2 is 2.28 bits per heavy atom. The van der Waals surface area contributed by atoms with E-state index in [2.05, 4.69) is 10.3 Å². The SMILES string of the molecule is CCNC(CCOCC(F)F)Cc1nc(C)cs1. The minimum Gasteiger partial charge on any atom is -0.375 e. The fourth-order valence-electron chi connectivity index (χ4n) is 1.67. The summed E-state index contributed by atoms with van der Waals surface area (Å²) in [6, 6.07) is 0.234. The lowest BCUT2D eigenvalue weighted by Crippen LogP contribution is -2.32. The fraction of sp³-hybridized carbons (Fsp3) is 0.750. The van der Waals surface area contributed by atoms with Gasteiger partial charge in [-0.15, -0.1) is 11.3 Å². The van der Waals surface area contributed by atoms with Crippen LogP contribution in [0.15, 0.2) is 5.38 Å². The zero-order valence-electron chi connectivity index (χ0n) is 10.8. The molecule has 0 aliphatic rings. The van der Waals surface area contributed by atoms with Crippen LogP contribution in [0.25, 0.3) is 0 Å². The van der Waals surface area contributed by atoms with Gasteiger partial charge in [-0.05, 0) is 19.9 Å². The second-order valence-electron chi connectivity index (χ2n) is 4.10. The molecule has 1 unspecified atom stereocenters. The Kier molecular flexibility index (Phi) is 7.31. The van der Waals surface area contributed by atoms with Crippen LogP contribution in [-0.4, -0.2) is 37.2 Å². The molecule has 0 fully saturated rings. The van der Waals surface area contributed by atoms with Gasteiger partial charge in [0.1, 0.15) is 6.61 Å².